The molecule has 0 spiro atoms. The molecule has 0 radical (unpaired) electrons. The molecule has 1 nitrogen and oxygen atoms in total. The Morgan fingerprint density at radius 1 is 1.25 bits per heavy atom. The van der Waals surface area contributed by atoms with Crippen LogP contribution in [0, 0.1) is 11.8 Å². The van der Waals surface area contributed by atoms with E-state index < -0.39 is 12.0 Å². The molecule has 1 N–H and O–H groups in total. The standard InChI is InChI=1S/C9H16F2O/c1-6-4-3-5-7(2)9(6,12)8(10)11/h6-8,12H,3-5H2,1-2H3. The summed E-state index contributed by atoms with van der Waals surface area (Å²) in [5.74, 6) is -0.553. The number of hydrogen-bond donors (Lipinski definition) is 1. The van der Waals surface area contributed by atoms with Crippen molar-refractivity contribution in [3.63, 3.8) is 0 Å². The van der Waals surface area contributed by atoms with Crippen LogP contribution in [0.5, 0.6) is 0 Å². The fourth-order valence-electron chi connectivity index (χ4n) is 2.11. The van der Waals surface area contributed by atoms with Crippen LogP contribution < -0.4 is 0 Å². The summed E-state index contributed by atoms with van der Waals surface area (Å²) in [6, 6.07) is 0. The smallest absolute Gasteiger partial charge is 0.267 e. The van der Waals surface area contributed by atoms with Crippen LogP contribution in [0.25, 0.3) is 0 Å². The van der Waals surface area contributed by atoms with E-state index in [9.17, 15) is 13.9 Å². The van der Waals surface area contributed by atoms with Gasteiger partial charge in [0, 0.05) is 0 Å². The highest BCUT2D eigenvalue weighted by Gasteiger charge is 2.48. The van der Waals surface area contributed by atoms with Crippen LogP contribution in [-0.2, 0) is 0 Å². The van der Waals surface area contributed by atoms with E-state index in [1.165, 1.54) is 0 Å². The third-order valence-electron chi connectivity index (χ3n) is 3.20. The molecule has 0 amide bonds. The van der Waals surface area contributed by atoms with Gasteiger partial charge in [0.2, 0.25) is 0 Å². The molecule has 72 valence electrons. The summed E-state index contributed by atoms with van der Waals surface area (Å²) < 4.78 is 25.1. The third kappa shape index (κ3) is 1.35. The Hall–Kier alpha value is -0.180. The monoisotopic (exact) mass is 178 g/mol. The first-order valence-corrected chi connectivity index (χ1v) is 4.50. The zero-order valence-electron chi connectivity index (χ0n) is 7.56. The fourth-order valence-corrected chi connectivity index (χ4v) is 2.11. The number of rotatable bonds is 1. The van der Waals surface area contributed by atoms with Crippen molar-refractivity contribution < 1.29 is 13.9 Å². The minimum atomic E-state index is -2.61. The maximum atomic E-state index is 12.6. The van der Waals surface area contributed by atoms with Gasteiger partial charge in [-0.1, -0.05) is 20.3 Å². The van der Waals surface area contributed by atoms with Crippen molar-refractivity contribution in [3.05, 3.63) is 0 Å². The van der Waals surface area contributed by atoms with Gasteiger partial charge in [-0.3, -0.25) is 0 Å². The lowest BCUT2D eigenvalue weighted by molar-refractivity contribution is -0.174. The lowest BCUT2D eigenvalue weighted by Crippen LogP contribution is -2.51. The number of hydrogen-bond acceptors (Lipinski definition) is 1. The van der Waals surface area contributed by atoms with Crippen LogP contribution in [0.4, 0.5) is 8.78 Å². The molecule has 2 unspecified atom stereocenters. The molecule has 1 aliphatic carbocycles. The van der Waals surface area contributed by atoms with Crippen LogP contribution in [0.3, 0.4) is 0 Å². The largest absolute Gasteiger partial charge is 0.383 e. The predicted octanol–water partition coefficient (Wildman–Crippen LogP) is 2.44. The second kappa shape index (κ2) is 3.29. The van der Waals surface area contributed by atoms with Gasteiger partial charge >= 0.3 is 0 Å². The lowest BCUT2D eigenvalue weighted by Gasteiger charge is -2.42. The molecular formula is C9H16F2O. The summed E-state index contributed by atoms with van der Waals surface area (Å²) in [4.78, 5) is 0. The molecule has 0 saturated heterocycles. The van der Waals surface area contributed by atoms with Crippen molar-refractivity contribution in [2.75, 3.05) is 0 Å². The van der Waals surface area contributed by atoms with E-state index in [4.69, 9.17) is 0 Å². The Balaban J connectivity index is 2.80. The van der Waals surface area contributed by atoms with E-state index in [-0.39, 0.29) is 11.8 Å². The van der Waals surface area contributed by atoms with E-state index in [2.05, 4.69) is 0 Å². The molecular weight excluding hydrogens is 162 g/mol. The van der Waals surface area contributed by atoms with Gasteiger partial charge in [-0.15, -0.1) is 0 Å². The second-order valence-electron chi connectivity index (χ2n) is 3.92. The summed E-state index contributed by atoms with van der Waals surface area (Å²) in [6.45, 7) is 3.42. The summed E-state index contributed by atoms with van der Waals surface area (Å²) in [5, 5.41) is 9.74. The van der Waals surface area contributed by atoms with Gasteiger partial charge in [-0.2, -0.15) is 0 Å². The molecule has 0 aromatic heterocycles. The maximum absolute atomic E-state index is 12.6. The molecule has 3 heteroatoms. The van der Waals surface area contributed by atoms with Gasteiger partial charge < -0.3 is 5.11 Å². The van der Waals surface area contributed by atoms with Crippen molar-refractivity contribution in [2.45, 2.75) is 45.1 Å². The van der Waals surface area contributed by atoms with E-state index in [1.54, 1.807) is 13.8 Å². The quantitative estimate of drug-likeness (QED) is 0.653. The van der Waals surface area contributed by atoms with E-state index in [1.807, 2.05) is 0 Å². The highest BCUT2D eigenvalue weighted by Crippen LogP contribution is 2.41. The summed E-state index contributed by atoms with van der Waals surface area (Å²) in [6.07, 6.45) is -0.226. The van der Waals surface area contributed by atoms with Crippen LogP contribution in [0.2, 0.25) is 0 Å². The second-order valence-corrected chi connectivity index (χ2v) is 3.92. The average molecular weight is 178 g/mol. The first kappa shape index (κ1) is 9.90. The average Bonchev–Trinajstić information content (AvgIpc) is 1.99. The number of alkyl halides is 2. The van der Waals surface area contributed by atoms with Crippen molar-refractivity contribution in [1.29, 1.82) is 0 Å². The molecule has 1 rings (SSSR count). The highest BCUT2D eigenvalue weighted by molar-refractivity contribution is 4.94. The van der Waals surface area contributed by atoms with Crippen LogP contribution in [0.15, 0.2) is 0 Å². The van der Waals surface area contributed by atoms with Gasteiger partial charge in [-0.25, -0.2) is 8.78 Å². The van der Waals surface area contributed by atoms with Crippen molar-refractivity contribution in [1.82, 2.24) is 0 Å². The molecule has 1 saturated carbocycles. The summed E-state index contributed by atoms with van der Waals surface area (Å²) >= 11 is 0. The van der Waals surface area contributed by atoms with Gasteiger partial charge in [0.15, 0.2) is 0 Å². The van der Waals surface area contributed by atoms with E-state index in [0.29, 0.717) is 12.8 Å². The SMILES string of the molecule is CC1CCCC(C)C1(O)C(F)F. The predicted molar refractivity (Wildman–Crippen MR) is 43.1 cm³/mol. The Morgan fingerprint density at radius 2 is 1.67 bits per heavy atom. The topological polar surface area (TPSA) is 20.2 Å². The maximum Gasteiger partial charge on any atom is 0.267 e. The van der Waals surface area contributed by atoms with Crippen molar-refractivity contribution in [2.24, 2.45) is 11.8 Å². The first-order valence-electron chi connectivity index (χ1n) is 4.50. The highest BCUT2D eigenvalue weighted by atomic mass is 19.3. The molecule has 1 fully saturated rings. The minimum Gasteiger partial charge on any atom is -0.383 e. The van der Waals surface area contributed by atoms with Crippen molar-refractivity contribution >= 4 is 0 Å². The fraction of sp³-hybridized carbons (Fsp3) is 1.00. The van der Waals surface area contributed by atoms with Crippen LogP contribution >= 0.6 is 0 Å². The Bertz CT molecular complexity index is 149. The first-order chi connectivity index (χ1) is 5.49. The van der Waals surface area contributed by atoms with Crippen molar-refractivity contribution in [3.8, 4) is 0 Å². The summed E-state index contributed by atoms with van der Waals surface area (Å²) in [5.41, 5.74) is -1.74. The normalized spacial score (nSPS) is 43.5. The zero-order valence-corrected chi connectivity index (χ0v) is 7.56. The van der Waals surface area contributed by atoms with Crippen LogP contribution in [-0.4, -0.2) is 17.1 Å². The number of aliphatic hydroxyl groups is 1. The van der Waals surface area contributed by atoms with Gasteiger partial charge in [0.05, 0.1) is 0 Å². The van der Waals surface area contributed by atoms with E-state index >= 15 is 0 Å². The van der Waals surface area contributed by atoms with Gasteiger partial charge in [0.25, 0.3) is 6.43 Å². The van der Waals surface area contributed by atoms with Gasteiger partial charge in [0.1, 0.15) is 5.60 Å². The minimum absolute atomic E-state index is 0.277. The molecule has 0 aromatic carbocycles. The molecule has 0 bridgehead atoms. The zero-order chi connectivity index (χ0) is 9.35. The Kier molecular flexibility index (Phi) is 2.71. The molecule has 1 aliphatic rings. The molecule has 0 aromatic rings. The van der Waals surface area contributed by atoms with Gasteiger partial charge in [-0.05, 0) is 24.7 Å². The Morgan fingerprint density at radius 3 is 1.92 bits per heavy atom. The number of halogens is 2. The lowest BCUT2D eigenvalue weighted by atomic mass is 9.70. The summed E-state index contributed by atoms with van der Waals surface area (Å²) in [7, 11) is 0. The molecule has 0 aliphatic heterocycles. The van der Waals surface area contributed by atoms with E-state index in [0.717, 1.165) is 6.42 Å². The molecule has 0 heterocycles. The van der Waals surface area contributed by atoms with Crippen LogP contribution in [0.1, 0.15) is 33.1 Å². The third-order valence-corrected chi connectivity index (χ3v) is 3.20. The molecule has 12 heavy (non-hydrogen) atoms. The Labute approximate surface area is 71.8 Å². The molecule has 2 atom stereocenters.